The van der Waals surface area contributed by atoms with Gasteiger partial charge in [0.25, 0.3) is 0 Å². The van der Waals surface area contributed by atoms with Crippen molar-refractivity contribution in [3.8, 4) is 5.69 Å². The number of halogens is 1. The maximum absolute atomic E-state index is 12.5. The Morgan fingerprint density at radius 1 is 1.17 bits per heavy atom. The number of nitrogens with zero attached hydrogens (tertiary/aromatic N) is 5. The second kappa shape index (κ2) is 6.29. The molecular formula is C22H26ClN5O. The van der Waals surface area contributed by atoms with E-state index in [2.05, 4.69) is 43.7 Å². The average Bonchev–Trinajstić information content (AvgIpc) is 2.88. The molecule has 1 aromatic carbocycles. The third-order valence-electron chi connectivity index (χ3n) is 7.43. The summed E-state index contributed by atoms with van der Waals surface area (Å²) in [7, 11) is 2.11. The lowest BCUT2D eigenvalue weighted by Gasteiger charge is -2.59. The Bertz CT molecular complexity index is 983. The van der Waals surface area contributed by atoms with Gasteiger partial charge in [0, 0.05) is 41.9 Å². The van der Waals surface area contributed by atoms with Gasteiger partial charge in [-0.2, -0.15) is 0 Å². The molecule has 1 saturated heterocycles. The van der Waals surface area contributed by atoms with Crippen LogP contribution in [0.5, 0.6) is 0 Å². The molecule has 29 heavy (non-hydrogen) atoms. The molecule has 4 aliphatic rings. The highest BCUT2D eigenvalue weighted by Gasteiger charge is 2.56. The highest BCUT2D eigenvalue weighted by atomic mass is 35.5. The van der Waals surface area contributed by atoms with Crippen molar-refractivity contribution in [2.24, 2.45) is 11.3 Å². The van der Waals surface area contributed by atoms with Crippen LogP contribution in [0.4, 0.5) is 0 Å². The summed E-state index contributed by atoms with van der Waals surface area (Å²) in [5.74, 6) is 3.21. The Hall–Kier alpha value is -1.92. The van der Waals surface area contributed by atoms with E-state index >= 15 is 0 Å². The molecule has 0 radical (unpaired) electrons. The standard InChI is InChI=1S/C22H26ClN5O/c1-26-10-15-7-17(23)5-6-18(15)28-19(11-26)24-25-20(28)16-8-22(9-16)12-27(13-22)21(29)14-3-2-4-14/h5-7,14,16H,2-4,8-13H2,1H3. The second-order valence-electron chi connectivity index (χ2n) is 9.68. The monoisotopic (exact) mass is 411 g/mol. The van der Waals surface area contributed by atoms with Gasteiger partial charge in [0.05, 0.1) is 12.2 Å². The van der Waals surface area contributed by atoms with Crippen molar-refractivity contribution in [2.45, 2.75) is 51.1 Å². The minimum absolute atomic E-state index is 0.316. The predicted molar refractivity (Wildman–Crippen MR) is 110 cm³/mol. The van der Waals surface area contributed by atoms with Gasteiger partial charge >= 0.3 is 0 Å². The molecular weight excluding hydrogens is 386 g/mol. The van der Waals surface area contributed by atoms with Gasteiger partial charge in [0.2, 0.25) is 5.91 Å². The number of amides is 1. The van der Waals surface area contributed by atoms with Crippen LogP contribution in [0.15, 0.2) is 18.2 Å². The number of fused-ring (bicyclic) bond motifs is 3. The number of carbonyl (C=O) groups is 1. The van der Waals surface area contributed by atoms with Crippen molar-refractivity contribution in [1.29, 1.82) is 0 Å². The molecule has 6 nitrogen and oxygen atoms in total. The number of rotatable bonds is 2. The summed E-state index contributed by atoms with van der Waals surface area (Å²) in [5.41, 5.74) is 2.70. The lowest BCUT2D eigenvalue weighted by Crippen LogP contribution is -2.64. The second-order valence-corrected chi connectivity index (χ2v) is 10.1. The van der Waals surface area contributed by atoms with Crippen molar-refractivity contribution in [1.82, 2.24) is 24.6 Å². The molecule has 2 aromatic rings. The molecule has 1 spiro atoms. The highest BCUT2D eigenvalue weighted by Crippen LogP contribution is 2.56. The zero-order valence-electron chi connectivity index (χ0n) is 16.8. The summed E-state index contributed by atoms with van der Waals surface area (Å²) >= 11 is 6.27. The van der Waals surface area contributed by atoms with E-state index in [9.17, 15) is 4.79 Å². The van der Waals surface area contributed by atoms with E-state index in [1.165, 1.54) is 12.0 Å². The summed E-state index contributed by atoms with van der Waals surface area (Å²) in [5, 5.41) is 9.93. The molecule has 3 fully saturated rings. The molecule has 2 aliphatic heterocycles. The summed E-state index contributed by atoms with van der Waals surface area (Å²) in [6, 6.07) is 6.12. The molecule has 2 aliphatic carbocycles. The van der Waals surface area contributed by atoms with Gasteiger partial charge in [0.1, 0.15) is 5.82 Å². The Labute approximate surface area is 175 Å². The van der Waals surface area contributed by atoms with Gasteiger partial charge in [0.15, 0.2) is 5.82 Å². The lowest BCUT2D eigenvalue weighted by atomic mass is 9.57. The Morgan fingerprint density at radius 3 is 2.69 bits per heavy atom. The summed E-state index contributed by atoms with van der Waals surface area (Å²) in [6.07, 6.45) is 5.62. The van der Waals surface area contributed by atoms with E-state index < -0.39 is 0 Å². The number of hydrogen-bond acceptors (Lipinski definition) is 4. The maximum atomic E-state index is 12.5. The first-order valence-corrected chi connectivity index (χ1v) is 11.1. The topological polar surface area (TPSA) is 54.3 Å². The normalized spacial score (nSPS) is 23.6. The Balaban J connectivity index is 1.22. The van der Waals surface area contributed by atoms with Crippen molar-refractivity contribution < 1.29 is 4.79 Å². The minimum atomic E-state index is 0.316. The number of carbonyl (C=O) groups excluding carboxylic acids is 1. The molecule has 0 atom stereocenters. The Kier molecular flexibility index (Phi) is 3.88. The quantitative estimate of drug-likeness (QED) is 0.760. The van der Waals surface area contributed by atoms with Crippen LogP contribution in [-0.4, -0.2) is 50.6 Å². The number of aromatic nitrogens is 3. The molecule has 6 rings (SSSR count). The van der Waals surface area contributed by atoms with Gasteiger partial charge < -0.3 is 4.90 Å². The Morgan fingerprint density at radius 2 is 1.97 bits per heavy atom. The molecule has 1 amide bonds. The maximum Gasteiger partial charge on any atom is 0.225 e. The first-order chi connectivity index (χ1) is 14.0. The molecule has 7 heteroatoms. The summed E-state index contributed by atoms with van der Waals surface area (Å²) in [4.78, 5) is 16.8. The number of hydrogen-bond donors (Lipinski definition) is 0. The average molecular weight is 412 g/mol. The van der Waals surface area contributed by atoms with Gasteiger partial charge in [-0.3, -0.25) is 14.3 Å². The predicted octanol–water partition coefficient (Wildman–Crippen LogP) is 3.37. The van der Waals surface area contributed by atoms with Gasteiger partial charge in [-0.15, -0.1) is 10.2 Å². The lowest BCUT2D eigenvalue weighted by molar-refractivity contribution is -0.158. The molecule has 0 N–H and O–H groups in total. The zero-order valence-corrected chi connectivity index (χ0v) is 17.5. The van der Waals surface area contributed by atoms with Crippen LogP contribution in [0, 0.1) is 11.3 Å². The number of likely N-dealkylation sites (tertiary alicyclic amines) is 1. The van der Waals surface area contributed by atoms with Gasteiger partial charge in [-0.05, 0) is 56.5 Å². The zero-order chi connectivity index (χ0) is 19.8. The fourth-order valence-corrected chi connectivity index (χ4v) is 5.90. The van der Waals surface area contributed by atoms with Gasteiger partial charge in [-0.25, -0.2) is 0 Å². The largest absolute Gasteiger partial charge is 0.341 e. The van der Waals surface area contributed by atoms with Crippen molar-refractivity contribution >= 4 is 17.5 Å². The molecule has 0 bridgehead atoms. The van der Waals surface area contributed by atoms with E-state index in [0.29, 0.717) is 23.2 Å². The van der Waals surface area contributed by atoms with Crippen molar-refractivity contribution in [2.75, 3.05) is 20.1 Å². The van der Waals surface area contributed by atoms with Crippen LogP contribution in [0.1, 0.15) is 55.2 Å². The highest BCUT2D eigenvalue weighted by molar-refractivity contribution is 6.30. The van der Waals surface area contributed by atoms with Crippen LogP contribution in [0.25, 0.3) is 5.69 Å². The van der Waals surface area contributed by atoms with Crippen LogP contribution < -0.4 is 0 Å². The fourth-order valence-electron chi connectivity index (χ4n) is 5.71. The first kappa shape index (κ1) is 17.9. The first-order valence-electron chi connectivity index (χ1n) is 10.7. The van der Waals surface area contributed by atoms with Crippen LogP contribution >= 0.6 is 11.6 Å². The fraction of sp³-hybridized carbons (Fsp3) is 0.591. The molecule has 2 saturated carbocycles. The van der Waals surface area contributed by atoms with Crippen molar-refractivity contribution in [3.05, 3.63) is 40.4 Å². The van der Waals surface area contributed by atoms with E-state index in [4.69, 9.17) is 11.6 Å². The van der Waals surface area contributed by atoms with Crippen LogP contribution in [0.3, 0.4) is 0 Å². The summed E-state index contributed by atoms with van der Waals surface area (Å²) < 4.78 is 2.27. The van der Waals surface area contributed by atoms with Crippen molar-refractivity contribution in [3.63, 3.8) is 0 Å². The van der Waals surface area contributed by atoms with E-state index in [0.717, 1.165) is 74.2 Å². The molecule has 3 heterocycles. The number of benzene rings is 1. The van der Waals surface area contributed by atoms with E-state index in [-0.39, 0.29) is 0 Å². The smallest absolute Gasteiger partial charge is 0.225 e. The SMILES string of the molecule is CN1Cc2cc(Cl)ccc2-n2c(nnc2C2CC3(C2)CN(C(=O)C2CCC2)C3)C1. The van der Waals surface area contributed by atoms with Gasteiger partial charge in [-0.1, -0.05) is 18.0 Å². The third kappa shape index (κ3) is 2.76. The van der Waals surface area contributed by atoms with E-state index in [1.807, 2.05) is 6.07 Å². The molecule has 152 valence electrons. The third-order valence-corrected chi connectivity index (χ3v) is 7.67. The molecule has 0 unspecified atom stereocenters. The minimum Gasteiger partial charge on any atom is -0.341 e. The van der Waals surface area contributed by atoms with Crippen LogP contribution in [-0.2, 0) is 17.9 Å². The summed E-state index contributed by atoms with van der Waals surface area (Å²) in [6.45, 7) is 3.51. The van der Waals surface area contributed by atoms with Crippen LogP contribution in [0.2, 0.25) is 5.02 Å². The van der Waals surface area contributed by atoms with E-state index in [1.54, 1.807) is 0 Å². The molecule has 1 aromatic heterocycles.